The van der Waals surface area contributed by atoms with E-state index in [1.165, 1.54) is 6.08 Å². The monoisotopic (exact) mass is 346 g/mol. The largest absolute Gasteiger partial charge is 0.359 e. The van der Waals surface area contributed by atoms with Crippen LogP contribution in [0.25, 0.3) is 11.7 Å². The fourth-order valence-electron chi connectivity index (χ4n) is 2.96. The Labute approximate surface area is 145 Å². The van der Waals surface area contributed by atoms with Crippen molar-refractivity contribution in [2.45, 2.75) is 12.8 Å². The van der Waals surface area contributed by atoms with Crippen LogP contribution in [0.3, 0.4) is 0 Å². The highest BCUT2D eigenvalue weighted by Gasteiger charge is 2.25. The molecule has 1 N–H and O–H groups in total. The van der Waals surface area contributed by atoms with E-state index in [9.17, 15) is 9.59 Å². The third-order valence-corrected chi connectivity index (χ3v) is 4.61. The van der Waals surface area contributed by atoms with Gasteiger partial charge >= 0.3 is 0 Å². The first-order valence-electron chi connectivity index (χ1n) is 7.91. The Hall–Kier alpha value is -2.34. The number of fused-ring (bicyclic) bond motifs is 1. The van der Waals surface area contributed by atoms with Crippen molar-refractivity contribution >= 4 is 35.1 Å². The molecule has 0 unspecified atom stereocenters. The van der Waals surface area contributed by atoms with Crippen molar-refractivity contribution in [1.29, 1.82) is 0 Å². The molecule has 0 aliphatic carbocycles. The summed E-state index contributed by atoms with van der Waals surface area (Å²) in [6, 6.07) is 5.62. The summed E-state index contributed by atoms with van der Waals surface area (Å²) in [6.07, 6.45) is 6.44. The lowest BCUT2D eigenvalue weighted by atomic mass is 9.96. The zero-order chi connectivity index (χ0) is 17.1. The van der Waals surface area contributed by atoms with Crippen molar-refractivity contribution in [3.05, 3.63) is 41.3 Å². The molecule has 0 atom stereocenters. The second-order valence-electron chi connectivity index (χ2n) is 5.76. The van der Waals surface area contributed by atoms with Crippen LogP contribution in [0, 0.1) is 5.92 Å². The number of hydrogen-bond acceptors (Lipinski definition) is 3. The van der Waals surface area contributed by atoms with Gasteiger partial charge < -0.3 is 10.2 Å². The molecule has 1 saturated heterocycles. The number of hydrogen-bond donors (Lipinski definition) is 1. The number of piperidine rings is 1. The van der Waals surface area contributed by atoms with Crippen molar-refractivity contribution in [3.8, 4) is 0 Å². The molecule has 1 aliphatic heterocycles. The van der Waals surface area contributed by atoms with Gasteiger partial charge in [-0.25, -0.2) is 4.98 Å². The zero-order valence-corrected chi connectivity index (χ0v) is 14.2. The van der Waals surface area contributed by atoms with Gasteiger partial charge in [-0.2, -0.15) is 0 Å². The lowest BCUT2D eigenvalue weighted by Gasteiger charge is -2.30. The minimum Gasteiger partial charge on any atom is -0.359 e. The van der Waals surface area contributed by atoms with Gasteiger partial charge in [-0.1, -0.05) is 17.7 Å². The van der Waals surface area contributed by atoms with E-state index in [0.717, 1.165) is 5.65 Å². The molecule has 6 nitrogen and oxygen atoms in total. The van der Waals surface area contributed by atoms with E-state index in [0.29, 0.717) is 36.8 Å². The average Bonchev–Trinajstić information content (AvgIpc) is 2.94. The minimum atomic E-state index is -0.0766. The highest BCUT2D eigenvalue weighted by Crippen LogP contribution is 2.20. The minimum absolute atomic E-state index is 0.00348. The molecule has 2 aromatic rings. The molecule has 0 bridgehead atoms. The van der Waals surface area contributed by atoms with Crippen LogP contribution < -0.4 is 5.32 Å². The second kappa shape index (κ2) is 7.05. The number of nitrogens with one attached hydrogen (secondary N) is 1. The van der Waals surface area contributed by atoms with Gasteiger partial charge in [-0.15, -0.1) is 0 Å². The smallest absolute Gasteiger partial charge is 0.246 e. The predicted molar refractivity (Wildman–Crippen MR) is 92.6 cm³/mol. The summed E-state index contributed by atoms with van der Waals surface area (Å²) in [5, 5.41) is 3.03. The number of carbonyl (C=O) groups is 2. The second-order valence-corrected chi connectivity index (χ2v) is 6.12. The highest BCUT2D eigenvalue weighted by molar-refractivity contribution is 6.31. The maximum absolute atomic E-state index is 12.4. The highest BCUT2D eigenvalue weighted by atomic mass is 35.5. The van der Waals surface area contributed by atoms with Crippen LogP contribution in [-0.4, -0.2) is 46.2 Å². The van der Waals surface area contributed by atoms with Crippen molar-refractivity contribution in [1.82, 2.24) is 19.6 Å². The Bertz CT molecular complexity index is 791. The summed E-state index contributed by atoms with van der Waals surface area (Å²) < 4.78 is 1.84. The SMILES string of the molecule is CNC(=O)C1CCN(C(=O)C=Cc2c(Cl)nc3ccccn23)CC1. The lowest BCUT2D eigenvalue weighted by molar-refractivity contribution is -0.131. The molecule has 0 radical (unpaired) electrons. The van der Waals surface area contributed by atoms with Gasteiger partial charge in [0.05, 0.1) is 5.69 Å². The standard InChI is InChI=1S/C17H19ClN4O2/c1-19-17(24)12-7-10-21(11-8-12)15(23)6-5-13-16(18)20-14-4-2-3-9-22(13)14/h2-6,9,12H,7-8,10-11H2,1H3,(H,19,24). The van der Waals surface area contributed by atoms with Gasteiger partial charge in [-0.3, -0.25) is 14.0 Å². The number of carbonyl (C=O) groups excluding carboxylic acids is 2. The Morgan fingerprint density at radius 3 is 2.79 bits per heavy atom. The normalized spacial score (nSPS) is 16.0. The van der Waals surface area contributed by atoms with E-state index in [1.807, 2.05) is 28.8 Å². The Morgan fingerprint density at radius 1 is 1.33 bits per heavy atom. The maximum atomic E-state index is 12.4. The molecule has 0 saturated carbocycles. The summed E-state index contributed by atoms with van der Waals surface area (Å²) in [7, 11) is 1.64. The number of amides is 2. The fourth-order valence-corrected chi connectivity index (χ4v) is 3.20. The molecular weight excluding hydrogens is 328 g/mol. The molecule has 0 aromatic carbocycles. The summed E-state index contributed by atoms with van der Waals surface area (Å²) >= 11 is 6.15. The van der Waals surface area contributed by atoms with Gasteiger partial charge in [0.2, 0.25) is 11.8 Å². The van der Waals surface area contributed by atoms with Crippen LogP contribution in [0.2, 0.25) is 5.15 Å². The van der Waals surface area contributed by atoms with Crippen LogP contribution in [0.4, 0.5) is 0 Å². The van der Waals surface area contributed by atoms with Crippen molar-refractivity contribution < 1.29 is 9.59 Å². The number of likely N-dealkylation sites (tertiary alicyclic amines) is 1. The number of imidazole rings is 1. The molecule has 2 aromatic heterocycles. The summed E-state index contributed by atoms with van der Waals surface area (Å²) in [5.74, 6) is -0.0290. The maximum Gasteiger partial charge on any atom is 0.246 e. The Balaban J connectivity index is 1.68. The first-order chi connectivity index (χ1) is 11.6. The van der Waals surface area contributed by atoms with Crippen molar-refractivity contribution in [3.63, 3.8) is 0 Å². The average molecular weight is 347 g/mol. The van der Waals surface area contributed by atoms with Gasteiger partial charge in [-0.05, 0) is 31.1 Å². The van der Waals surface area contributed by atoms with E-state index < -0.39 is 0 Å². The molecule has 1 fully saturated rings. The number of aromatic nitrogens is 2. The number of halogens is 1. The summed E-state index contributed by atoms with van der Waals surface area (Å²) in [4.78, 5) is 30.0. The molecular formula is C17H19ClN4O2. The molecule has 24 heavy (non-hydrogen) atoms. The third-order valence-electron chi connectivity index (χ3n) is 4.33. The van der Waals surface area contributed by atoms with Gasteiger partial charge in [0.1, 0.15) is 5.65 Å². The van der Waals surface area contributed by atoms with E-state index in [2.05, 4.69) is 10.3 Å². The van der Waals surface area contributed by atoms with E-state index >= 15 is 0 Å². The fraction of sp³-hybridized carbons (Fsp3) is 0.353. The molecule has 1 aliphatic rings. The molecule has 7 heteroatoms. The topological polar surface area (TPSA) is 66.7 Å². The van der Waals surface area contributed by atoms with E-state index in [-0.39, 0.29) is 17.7 Å². The van der Waals surface area contributed by atoms with Gasteiger partial charge in [0, 0.05) is 38.3 Å². The number of rotatable bonds is 3. The molecule has 126 valence electrons. The van der Waals surface area contributed by atoms with Crippen LogP contribution in [0.15, 0.2) is 30.5 Å². The summed E-state index contributed by atoms with van der Waals surface area (Å²) in [5.41, 5.74) is 1.42. The molecule has 0 spiro atoms. The summed E-state index contributed by atoms with van der Waals surface area (Å²) in [6.45, 7) is 1.17. The first-order valence-corrected chi connectivity index (χ1v) is 8.29. The van der Waals surface area contributed by atoms with Crippen LogP contribution in [0.1, 0.15) is 18.5 Å². The quantitative estimate of drug-likeness (QED) is 0.864. The molecule has 3 rings (SSSR count). The van der Waals surface area contributed by atoms with Gasteiger partial charge in [0.15, 0.2) is 5.15 Å². The molecule has 2 amide bonds. The Kier molecular flexibility index (Phi) is 4.85. The molecule has 3 heterocycles. The number of nitrogens with zero attached hydrogens (tertiary/aromatic N) is 3. The Morgan fingerprint density at radius 2 is 2.08 bits per heavy atom. The van der Waals surface area contributed by atoms with Crippen molar-refractivity contribution in [2.75, 3.05) is 20.1 Å². The van der Waals surface area contributed by atoms with Gasteiger partial charge in [0.25, 0.3) is 0 Å². The van der Waals surface area contributed by atoms with E-state index in [4.69, 9.17) is 11.6 Å². The predicted octanol–water partition coefficient (Wildman–Crippen LogP) is 1.99. The van der Waals surface area contributed by atoms with Crippen LogP contribution >= 0.6 is 11.6 Å². The zero-order valence-electron chi connectivity index (χ0n) is 13.4. The third kappa shape index (κ3) is 3.28. The first kappa shape index (κ1) is 16.5. The van der Waals surface area contributed by atoms with Crippen molar-refractivity contribution in [2.24, 2.45) is 5.92 Å². The lowest BCUT2D eigenvalue weighted by Crippen LogP contribution is -2.41. The number of pyridine rings is 1. The van der Waals surface area contributed by atoms with Crippen LogP contribution in [0.5, 0.6) is 0 Å². The van der Waals surface area contributed by atoms with Crippen LogP contribution in [-0.2, 0) is 9.59 Å². The van der Waals surface area contributed by atoms with E-state index in [1.54, 1.807) is 18.0 Å².